The molecule has 1 aliphatic heterocycles. The van der Waals surface area contributed by atoms with Crippen molar-refractivity contribution < 1.29 is 9.90 Å². The first-order chi connectivity index (χ1) is 12.6. The molecule has 0 saturated heterocycles. The maximum Gasteiger partial charge on any atom is 0.227 e. The van der Waals surface area contributed by atoms with Crippen molar-refractivity contribution in [2.45, 2.75) is 39.0 Å². The Morgan fingerprint density at radius 1 is 1.31 bits per heavy atom. The van der Waals surface area contributed by atoms with Gasteiger partial charge >= 0.3 is 0 Å². The number of fused-ring (bicyclic) bond motifs is 2. The lowest BCUT2D eigenvalue weighted by Crippen LogP contribution is -2.39. The average molecular weight is 352 g/mol. The first-order valence-electron chi connectivity index (χ1n) is 9.12. The van der Waals surface area contributed by atoms with Gasteiger partial charge in [0.05, 0.1) is 37.0 Å². The number of aryl methyl sites for hydroxylation is 1. The Morgan fingerprint density at radius 2 is 2.12 bits per heavy atom. The van der Waals surface area contributed by atoms with E-state index in [0.29, 0.717) is 38.2 Å². The van der Waals surface area contributed by atoms with E-state index in [1.165, 1.54) is 0 Å². The van der Waals surface area contributed by atoms with Gasteiger partial charge in [0.2, 0.25) is 5.91 Å². The molecule has 1 N–H and O–H groups in total. The molecule has 6 heteroatoms. The summed E-state index contributed by atoms with van der Waals surface area (Å²) < 4.78 is 3.98. The number of aliphatic hydroxyl groups excluding tert-OH is 1. The minimum atomic E-state index is -0.534. The van der Waals surface area contributed by atoms with Gasteiger partial charge in [-0.1, -0.05) is 25.1 Å². The molecule has 1 amide bonds. The number of amides is 1. The number of hydrogen-bond donors (Lipinski definition) is 1. The lowest BCUT2D eigenvalue weighted by atomic mass is 10.1. The van der Waals surface area contributed by atoms with Gasteiger partial charge in [0.15, 0.2) is 0 Å². The predicted octanol–water partition coefficient (Wildman–Crippen LogP) is 2.40. The molecule has 0 radical (unpaired) electrons. The van der Waals surface area contributed by atoms with Gasteiger partial charge in [-0.2, -0.15) is 5.10 Å². The van der Waals surface area contributed by atoms with Crippen molar-refractivity contribution in [3.05, 3.63) is 53.5 Å². The van der Waals surface area contributed by atoms with Gasteiger partial charge in [-0.15, -0.1) is 0 Å². The summed E-state index contributed by atoms with van der Waals surface area (Å²) in [5, 5.41) is 15.6. The zero-order valence-corrected chi connectivity index (χ0v) is 15.2. The molecule has 3 aromatic rings. The van der Waals surface area contributed by atoms with Crippen molar-refractivity contribution >= 4 is 16.8 Å². The average Bonchev–Trinajstić information content (AvgIpc) is 3.22. The third-order valence-electron chi connectivity index (χ3n) is 5.22. The Bertz CT molecular complexity index is 956. The molecule has 0 saturated carbocycles. The standard InChI is InChI=1S/C20H24N4O2/c1-3-19(25)17-11-15-13-23(8-9-24(15)21-17)20(26)10-14-12-22(2)18-7-5-4-6-16(14)18/h4-7,11-12,19,25H,3,8-10,13H2,1-2H3/t19-/m0/s1. The van der Waals surface area contributed by atoms with E-state index in [1.54, 1.807) is 0 Å². The van der Waals surface area contributed by atoms with Gasteiger partial charge in [-0.05, 0) is 24.1 Å². The van der Waals surface area contributed by atoms with E-state index in [2.05, 4.69) is 21.8 Å². The maximum atomic E-state index is 12.9. The van der Waals surface area contributed by atoms with Crippen LogP contribution in [0.5, 0.6) is 0 Å². The number of carbonyl (C=O) groups is 1. The molecule has 6 nitrogen and oxygen atoms in total. The molecular weight excluding hydrogens is 328 g/mol. The van der Waals surface area contributed by atoms with E-state index in [9.17, 15) is 9.90 Å². The van der Waals surface area contributed by atoms with Crippen LogP contribution in [-0.4, -0.2) is 36.8 Å². The van der Waals surface area contributed by atoms with Crippen LogP contribution in [0.2, 0.25) is 0 Å². The topological polar surface area (TPSA) is 63.3 Å². The third-order valence-corrected chi connectivity index (χ3v) is 5.22. The zero-order valence-electron chi connectivity index (χ0n) is 15.2. The molecule has 3 heterocycles. The van der Waals surface area contributed by atoms with E-state index < -0.39 is 6.10 Å². The van der Waals surface area contributed by atoms with Crippen LogP contribution in [-0.2, 0) is 31.4 Å². The molecule has 0 bridgehead atoms. The van der Waals surface area contributed by atoms with Gasteiger partial charge in [-0.3, -0.25) is 9.48 Å². The first kappa shape index (κ1) is 16.8. The summed E-state index contributed by atoms with van der Waals surface area (Å²) in [6, 6.07) is 10.1. The lowest BCUT2D eigenvalue weighted by molar-refractivity contribution is -0.131. The molecule has 0 aliphatic carbocycles. The summed E-state index contributed by atoms with van der Waals surface area (Å²) in [6.45, 7) is 3.81. The van der Waals surface area contributed by atoms with Crippen LogP contribution < -0.4 is 0 Å². The van der Waals surface area contributed by atoms with Crippen LogP contribution in [0.15, 0.2) is 36.5 Å². The summed E-state index contributed by atoms with van der Waals surface area (Å²) in [5.41, 5.74) is 3.90. The van der Waals surface area contributed by atoms with Crippen LogP contribution in [0.3, 0.4) is 0 Å². The van der Waals surface area contributed by atoms with E-state index in [1.807, 2.05) is 47.9 Å². The van der Waals surface area contributed by atoms with Crippen LogP contribution in [0.1, 0.15) is 36.4 Å². The summed E-state index contributed by atoms with van der Waals surface area (Å²) >= 11 is 0. The molecule has 26 heavy (non-hydrogen) atoms. The molecule has 1 aromatic carbocycles. The second kappa shape index (κ2) is 6.61. The van der Waals surface area contributed by atoms with E-state index in [0.717, 1.165) is 22.2 Å². The second-order valence-corrected chi connectivity index (χ2v) is 6.98. The fourth-order valence-corrected chi connectivity index (χ4v) is 3.71. The Hall–Kier alpha value is -2.60. The van der Waals surface area contributed by atoms with Crippen molar-refractivity contribution in [1.82, 2.24) is 19.2 Å². The number of aliphatic hydroxyl groups is 1. The molecule has 1 aliphatic rings. The van der Waals surface area contributed by atoms with Crippen LogP contribution >= 0.6 is 0 Å². The molecule has 136 valence electrons. The number of hydrogen-bond acceptors (Lipinski definition) is 3. The first-order valence-corrected chi connectivity index (χ1v) is 9.12. The Labute approximate surface area is 152 Å². The van der Waals surface area contributed by atoms with Crippen LogP contribution in [0, 0.1) is 0 Å². The Balaban J connectivity index is 1.51. The highest BCUT2D eigenvalue weighted by atomic mass is 16.3. The SMILES string of the molecule is CC[C@H](O)c1cc2n(n1)CCN(C(=O)Cc1cn(C)c3ccccc13)C2. The highest BCUT2D eigenvalue weighted by Gasteiger charge is 2.24. The summed E-state index contributed by atoms with van der Waals surface area (Å²) in [4.78, 5) is 14.8. The van der Waals surface area contributed by atoms with E-state index in [4.69, 9.17) is 0 Å². The quantitative estimate of drug-likeness (QED) is 0.784. The van der Waals surface area contributed by atoms with E-state index >= 15 is 0 Å². The number of para-hydroxylation sites is 1. The summed E-state index contributed by atoms with van der Waals surface area (Å²) in [6.07, 6.45) is 2.56. The second-order valence-electron chi connectivity index (χ2n) is 6.98. The molecule has 1 atom stereocenters. The van der Waals surface area contributed by atoms with Gasteiger partial charge in [0.25, 0.3) is 0 Å². The maximum absolute atomic E-state index is 12.9. The van der Waals surface area contributed by atoms with Crippen molar-refractivity contribution in [3.63, 3.8) is 0 Å². The number of aromatic nitrogens is 3. The predicted molar refractivity (Wildman–Crippen MR) is 99.5 cm³/mol. The van der Waals surface area contributed by atoms with Gasteiger partial charge < -0.3 is 14.6 Å². The fraction of sp³-hybridized carbons (Fsp3) is 0.400. The largest absolute Gasteiger partial charge is 0.387 e. The smallest absolute Gasteiger partial charge is 0.227 e. The van der Waals surface area contributed by atoms with Crippen molar-refractivity contribution in [1.29, 1.82) is 0 Å². The van der Waals surface area contributed by atoms with Crippen molar-refractivity contribution in [3.8, 4) is 0 Å². The normalized spacial score (nSPS) is 15.3. The Kier molecular flexibility index (Phi) is 4.28. The summed E-state index contributed by atoms with van der Waals surface area (Å²) in [7, 11) is 2.01. The van der Waals surface area contributed by atoms with Crippen LogP contribution in [0.25, 0.3) is 10.9 Å². The van der Waals surface area contributed by atoms with Gasteiger partial charge in [0, 0.05) is 30.7 Å². The monoisotopic (exact) mass is 352 g/mol. The minimum absolute atomic E-state index is 0.131. The minimum Gasteiger partial charge on any atom is -0.387 e. The van der Waals surface area contributed by atoms with Crippen LogP contribution in [0.4, 0.5) is 0 Å². The number of carbonyl (C=O) groups excluding carboxylic acids is 1. The molecule has 0 unspecified atom stereocenters. The zero-order chi connectivity index (χ0) is 18.3. The Morgan fingerprint density at radius 3 is 2.92 bits per heavy atom. The molecule has 2 aromatic heterocycles. The molecule has 0 fully saturated rings. The molecule has 0 spiro atoms. The molecular formula is C20H24N4O2. The van der Waals surface area contributed by atoms with Gasteiger partial charge in [-0.25, -0.2) is 0 Å². The highest BCUT2D eigenvalue weighted by molar-refractivity contribution is 5.89. The van der Waals surface area contributed by atoms with Crippen molar-refractivity contribution in [2.75, 3.05) is 6.54 Å². The molecule has 4 rings (SSSR count). The number of benzene rings is 1. The number of nitrogens with zero attached hydrogens (tertiary/aromatic N) is 4. The van der Waals surface area contributed by atoms with Gasteiger partial charge in [0.1, 0.15) is 0 Å². The fourth-order valence-electron chi connectivity index (χ4n) is 3.71. The third kappa shape index (κ3) is 2.90. The highest BCUT2D eigenvalue weighted by Crippen LogP contribution is 2.23. The van der Waals surface area contributed by atoms with Crippen molar-refractivity contribution in [2.24, 2.45) is 7.05 Å². The number of rotatable bonds is 4. The lowest BCUT2D eigenvalue weighted by Gasteiger charge is -2.27. The summed E-state index contributed by atoms with van der Waals surface area (Å²) in [5.74, 6) is 0.131. The van der Waals surface area contributed by atoms with E-state index in [-0.39, 0.29) is 5.91 Å².